The average Bonchev–Trinajstić information content (AvgIpc) is 2.48. The second kappa shape index (κ2) is 5.20. The molecule has 2 aromatic carbocycles. The molecule has 0 unspecified atom stereocenters. The predicted molar refractivity (Wildman–Crippen MR) is 80.1 cm³/mol. The fraction of sp³-hybridized carbons (Fsp3) is 0.235. The van der Waals surface area contributed by atoms with E-state index >= 15 is 0 Å². The van der Waals surface area contributed by atoms with E-state index in [0.717, 1.165) is 22.4 Å². The van der Waals surface area contributed by atoms with Crippen LogP contribution in [0.25, 0.3) is 11.1 Å². The molecule has 1 heterocycles. The SMILES string of the molecule is COc1cc2c(cc1-c1ccc(C)c(F)c1)CCC(=O)N2. The zero-order valence-electron chi connectivity index (χ0n) is 12.0. The average molecular weight is 285 g/mol. The van der Waals surface area contributed by atoms with Gasteiger partial charge >= 0.3 is 0 Å². The standard InChI is InChI=1S/C17H16FNO2/c1-10-3-4-11(8-14(10)18)13-7-12-5-6-17(20)19-15(12)9-16(13)21-2/h3-4,7-9H,5-6H2,1-2H3,(H,19,20). The second-order valence-corrected chi connectivity index (χ2v) is 5.22. The van der Waals surface area contributed by atoms with Crippen molar-refractivity contribution in [1.82, 2.24) is 0 Å². The zero-order chi connectivity index (χ0) is 15.0. The first kappa shape index (κ1) is 13.6. The van der Waals surface area contributed by atoms with E-state index in [1.165, 1.54) is 6.07 Å². The van der Waals surface area contributed by atoms with Crippen LogP contribution in [0.1, 0.15) is 17.5 Å². The minimum atomic E-state index is -0.236. The summed E-state index contributed by atoms with van der Waals surface area (Å²) in [4.78, 5) is 11.5. The number of rotatable bonds is 2. The Morgan fingerprint density at radius 2 is 2.00 bits per heavy atom. The maximum absolute atomic E-state index is 13.8. The molecule has 0 saturated carbocycles. The highest BCUT2D eigenvalue weighted by Gasteiger charge is 2.18. The van der Waals surface area contributed by atoms with E-state index in [-0.39, 0.29) is 11.7 Å². The summed E-state index contributed by atoms with van der Waals surface area (Å²) in [5.41, 5.74) is 4.05. The number of carbonyl (C=O) groups excluding carboxylic acids is 1. The molecular formula is C17H16FNO2. The lowest BCUT2D eigenvalue weighted by molar-refractivity contribution is -0.116. The summed E-state index contributed by atoms with van der Waals surface area (Å²) in [5.74, 6) is 0.401. The Morgan fingerprint density at radius 1 is 1.19 bits per heavy atom. The third-order valence-corrected chi connectivity index (χ3v) is 3.80. The largest absolute Gasteiger partial charge is 0.496 e. The molecule has 0 radical (unpaired) electrons. The lowest BCUT2D eigenvalue weighted by atomic mass is 9.95. The van der Waals surface area contributed by atoms with Crippen LogP contribution in [0.2, 0.25) is 0 Å². The molecule has 0 spiro atoms. The normalized spacial score (nSPS) is 13.6. The minimum absolute atomic E-state index is 0.0127. The van der Waals surface area contributed by atoms with Gasteiger partial charge in [-0.05, 0) is 42.2 Å². The van der Waals surface area contributed by atoms with Gasteiger partial charge in [-0.3, -0.25) is 4.79 Å². The number of halogens is 1. The molecule has 0 bridgehead atoms. The molecule has 3 rings (SSSR count). The van der Waals surface area contributed by atoms with E-state index in [0.29, 0.717) is 24.2 Å². The third-order valence-electron chi connectivity index (χ3n) is 3.80. The summed E-state index contributed by atoms with van der Waals surface area (Å²) in [7, 11) is 1.57. The van der Waals surface area contributed by atoms with E-state index in [9.17, 15) is 9.18 Å². The molecule has 0 atom stereocenters. The fourth-order valence-electron chi connectivity index (χ4n) is 2.56. The van der Waals surface area contributed by atoms with Crippen molar-refractivity contribution in [2.24, 2.45) is 0 Å². The Balaban J connectivity index is 2.13. The van der Waals surface area contributed by atoms with Crippen molar-refractivity contribution >= 4 is 11.6 Å². The van der Waals surface area contributed by atoms with Crippen molar-refractivity contribution in [1.29, 1.82) is 0 Å². The summed E-state index contributed by atoms with van der Waals surface area (Å²) in [6, 6.07) is 8.92. The summed E-state index contributed by atoms with van der Waals surface area (Å²) in [6.45, 7) is 1.73. The molecule has 0 aromatic heterocycles. The van der Waals surface area contributed by atoms with Crippen LogP contribution in [-0.4, -0.2) is 13.0 Å². The van der Waals surface area contributed by atoms with Crippen LogP contribution < -0.4 is 10.1 Å². The molecule has 1 N–H and O–H groups in total. The van der Waals surface area contributed by atoms with Crippen LogP contribution in [0.4, 0.5) is 10.1 Å². The lowest BCUT2D eigenvalue weighted by Gasteiger charge is -2.20. The minimum Gasteiger partial charge on any atom is -0.496 e. The molecule has 0 fully saturated rings. The van der Waals surface area contributed by atoms with Crippen LogP contribution in [-0.2, 0) is 11.2 Å². The van der Waals surface area contributed by atoms with Crippen molar-refractivity contribution in [2.75, 3.05) is 12.4 Å². The van der Waals surface area contributed by atoms with Crippen molar-refractivity contribution in [3.05, 3.63) is 47.3 Å². The second-order valence-electron chi connectivity index (χ2n) is 5.22. The highest BCUT2D eigenvalue weighted by atomic mass is 19.1. The summed E-state index contributed by atoms with van der Waals surface area (Å²) in [6.07, 6.45) is 1.16. The highest BCUT2D eigenvalue weighted by Crippen LogP contribution is 2.37. The molecule has 0 aliphatic carbocycles. The topological polar surface area (TPSA) is 38.3 Å². The van der Waals surface area contributed by atoms with Crippen LogP contribution in [0, 0.1) is 12.7 Å². The number of methoxy groups -OCH3 is 1. The Hall–Kier alpha value is -2.36. The van der Waals surface area contributed by atoms with Crippen LogP contribution >= 0.6 is 0 Å². The van der Waals surface area contributed by atoms with E-state index in [4.69, 9.17) is 4.74 Å². The highest BCUT2D eigenvalue weighted by molar-refractivity contribution is 5.95. The maximum atomic E-state index is 13.8. The van der Waals surface area contributed by atoms with E-state index < -0.39 is 0 Å². The number of fused-ring (bicyclic) bond motifs is 1. The molecule has 108 valence electrons. The Kier molecular flexibility index (Phi) is 3.37. The monoisotopic (exact) mass is 285 g/mol. The number of hydrogen-bond acceptors (Lipinski definition) is 2. The van der Waals surface area contributed by atoms with Gasteiger partial charge in [-0.15, -0.1) is 0 Å². The molecule has 1 amide bonds. The molecule has 4 heteroatoms. The first-order valence-electron chi connectivity index (χ1n) is 6.86. The number of carbonyl (C=O) groups is 1. The quantitative estimate of drug-likeness (QED) is 0.913. The zero-order valence-corrected chi connectivity index (χ0v) is 12.0. The van der Waals surface area contributed by atoms with Crippen molar-refractivity contribution in [3.8, 4) is 16.9 Å². The molecule has 0 saturated heterocycles. The molecule has 1 aliphatic rings. The van der Waals surface area contributed by atoms with Gasteiger partial charge in [-0.1, -0.05) is 12.1 Å². The maximum Gasteiger partial charge on any atom is 0.224 e. The number of ether oxygens (including phenoxy) is 1. The van der Waals surface area contributed by atoms with E-state index in [1.54, 1.807) is 26.2 Å². The van der Waals surface area contributed by atoms with Crippen LogP contribution in [0.15, 0.2) is 30.3 Å². The van der Waals surface area contributed by atoms with Crippen molar-refractivity contribution in [3.63, 3.8) is 0 Å². The van der Waals surface area contributed by atoms with Crippen LogP contribution in [0.3, 0.4) is 0 Å². The Morgan fingerprint density at radius 3 is 2.71 bits per heavy atom. The van der Waals surface area contributed by atoms with E-state index in [2.05, 4.69) is 5.32 Å². The van der Waals surface area contributed by atoms with Gasteiger partial charge in [0.15, 0.2) is 0 Å². The van der Waals surface area contributed by atoms with E-state index in [1.807, 2.05) is 12.1 Å². The summed E-state index contributed by atoms with van der Waals surface area (Å²) >= 11 is 0. The van der Waals surface area contributed by atoms with Gasteiger partial charge in [-0.25, -0.2) is 4.39 Å². The predicted octanol–water partition coefficient (Wildman–Crippen LogP) is 3.69. The van der Waals surface area contributed by atoms with Gasteiger partial charge < -0.3 is 10.1 Å². The van der Waals surface area contributed by atoms with Gasteiger partial charge in [0.1, 0.15) is 11.6 Å². The fourth-order valence-corrected chi connectivity index (χ4v) is 2.56. The van der Waals surface area contributed by atoms with Gasteiger partial charge in [0.2, 0.25) is 5.91 Å². The molecule has 1 aliphatic heterocycles. The molecular weight excluding hydrogens is 269 g/mol. The number of anilines is 1. The van der Waals surface area contributed by atoms with Crippen molar-refractivity contribution < 1.29 is 13.9 Å². The number of hydrogen-bond donors (Lipinski definition) is 1. The molecule has 21 heavy (non-hydrogen) atoms. The summed E-state index contributed by atoms with van der Waals surface area (Å²) < 4.78 is 19.2. The van der Waals surface area contributed by atoms with Gasteiger partial charge in [0.05, 0.1) is 7.11 Å². The first-order valence-corrected chi connectivity index (χ1v) is 6.86. The Bertz CT molecular complexity index is 725. The van der Waals surface area contributed by atoms with Crippen LogP contribution in [0.5, 0.6) is 5.75 Å². The smallest absolute Gasteiger partial charge is 0.224 e. The van der Waals surface area contributed by atoms with Gasteiger partial charge in [-0.2, -0.15) is 0 Å². The number of benzene rings is 2. The number of aryl methyl sites for hydroxylation is 2. The van der Waals surface area contributed by atoms with Gasteiger partial charge in [0.25, 0.3) is 0 Å². The number of nitrogens with one attached hydrogen (secondary N) is 1. The molecule has 2 aromatic rings. The van der Waals surface area contributed by atoms with Gasteiger partial charge in [0, 0.05) is 23.7 Å². The third kappa shape index (κ3) is 2.49. The lowest BCUT2D eigenvalue weighted by Crippen LogP contribution is -2.19. The Labute approximate surface area is 122 Å². The van der Waals surface area contributed by atoms with Crippen molar-refractivity contribution in [2.45, 2.75) is 19.8 Å². The summed E-state index contributed by atoms with van der Waals surface area (Å²) in [5, 5.41) is 2.84. The first-order chi connectivity index (χ1) is 10.1. The molecule has 3 nitrogen and oxygen atoms in total. The number of amides is 1.